The summed E-state index contributed by atoms with van der Waals surface area (Å²) >= 11 is 0. The van der Waals surface area contributed by atoms with Crippen LogP contribution in [0.3, 0.4) is 0 Å². The molecule has 14 heteroatoms. The standard InChI is InChI=1S/C12H20O12S2/c1-6(13)21-9-8(5-20-25(3,16)17)23-12(15)11(22-7(2)14)10(9)24-26(4,18)19/h8-12,15H,5H2,1-4H3. The number of hydrogen-bond acceptors (Lipinski definition) is 12. The SMILES string of the molecule is CC(=O)OC1C(O)OC(COS(C)(=O)=O)C(OC(C)=O)C1OS(C)(=O)=O. The highest BCUT2D eigenvalue weighted by molar-refractivity contribution is 7.86. The molecule has 0 aromatic heterocycles. The lowest BCUT2D eigenvalue weighted by molar-refractivity contribution is -0.286. The molecule has 5 atom stereocenters. The number of aliphatic hydroxyl groups is 1. The Labute approximate surface area is 150 Å². The third kappa shape index (κ3) is 7.51. The minimum absolute atomic E-state index is 0.687. The van der Waals surface area contributed by atoms with Crippen molar-refractivity contribution in [2.45, 2.75) is 44.6 Å². The van der Waals surface area contributed by atoms with E-state index in [0.29, 0.717) is 6.26 Å². The average Bonchev–Trinajstić information content (AvgIpc) is 2.41. The zero-order valence-corrected chi connectivity index (χ0v) is 16.0. The van der Waals surface area contributed by atoms with Gasteiger partial charge in [-0.1, -0.05) is 0 Å². The topological polar surface area (TPSA) is 169 Å². The van der Waals surface area contributed by atoms with Crippen LogP contribution in [0.25, 0.3) is 0 Å². The maximum absolute atomic E-state index is 11.5. The second-order valence-corrected chi connectivity index (χ2v) is 8.71. The van der Waals surface area contributed by atoms with Gasteiger partial charge in [-0.3, -0.25) is 18.0 Å². The number of carbonyl (C=O) groups excluding carboxylic acids is 2. The van der Waals surface area contributed by atoms with Gasteiger partial charge in [0.2, 0.25) is 0 Å². The summed E-state index contributed by atoms with van der Waals surface area (Å²) in [7, 11) is -8.08. The lowest BCUT2D eigenvalue weighted by atomic mass is 9.99. The molecule has 1 aliphatic rings. The quantitative estimate of drug-likeness (QED) is 0.352. The molecule has 1 saturated heterocycles. The lowest BCUT2D eigenvalue weighted by Crippen LogP contribution is -2.62. The van der Waals surface area contributed by atoms with Gasteiger partial charge in [0.1, 0.15) is 6.10 Å². The molecular formula is C12H20O12S2. The third-order valence-electron chi connectivity index (χ3n) is 2.95. The molecule has 0 radical (unpaired) electrons. The lowest BCUT2D eigenvalue weighted by Gasteiger charge is -2.42. The Morgan fingerprint density at radius 2 is 1.42 bits per heavy atom. The Hall–Kier alpha value is -1.32. The summed E-state index contributed by atoms with van der Waals surface area (Å²) in [6, 6.07) is 0. The first kappa shape index (κ1) is 22.7. The van der Waals surface area contributed by atoms with Crippen molar-refractivity contribution in [2.24, 2.45) is 0 Å². The van der Waals surface area contributed by atoms with Crippen LogP contribution in [0.4, 0.5) is 0 Å². The van der Waals surface area contributed by atoms with Crippen LogP contribution >= 0.6 is 0 Å². The first-order valence-electron chi connectivity index (χ1n) is 7.10. The van der Waals surface area contributed by atoms with E-state index in [1.807, 2.05) is 0 Å². The van der Waals surface area contributed by atoms with Gasteiger partial charge in [0.15, 0.2) is 24.6 Å². The van der Waals surface area contributed by atoms with E-state index in [0.717, 1.165) is 20.1 Å². The maximum atomic E-state index is 11.5. The second-order valence-electron chi connectivity index (χ2n) is 5.47. The van der Waals surface area contributed by atoms with Crippen LogP contribution in [0.2, 0.25) is 0 Å². The molecule has 0 spiro atoms. The summed E-state index contributed by atoms with van der Waals surface area (Å²) in [6.07, 6.45) is -6.81. The van der Waals surface area contributed by atoms with Crippen molar-refractivity contribution in [3.63, 3.8) is 0 Å². The first-order chi connectivity index (χ1) is 11.7. The second kappa shape index (κ2) is 8.58. The van der Waals surface area contributed by atoms with E-state index in [1.54, 1.807) is 0 Å². The molecule has 0 aliphatic carbocycles. The van der Waals surface area contributed by atoms with Crippen LogP contribution in [0.15, 0.2) is 0 Å². The number of rotatable bonds is 7. The number of esters is 2. The van der Waals surface area contributed by atoms with Crippen molar-refractivity contribution < 1.29 is 54.1 Å². The van der Waals surface area contributed by atoms with Crippen molar-refractivity contribution in [3.8, 4) is 0 Å². The predicted molar refractivity (Wildman–Crippen MR) is 82.5 cm³/mol. The normalized spacial score (nSPS) is 29.8. The maximum Gasteiger partial charge on any atom is 0.303 e. The molecule has 0 bridgehead atoms. The average molecular weight is 420 g/mol. The molecule has 1 heterocycles. The summed E-state index contributed by atoms with van der Waals surface area (Å²) in [6.45, 7) is 1.27. The van der Waals surface area contributed by atoms with Crippen LogP contribution in [-0.2, 0) is 52.4 Å². The monoisotopic (exact) mass is 420 g/mol. The van der Waals surface area contributed by atoms with Crippen molar-refractivity contribution in [2.75, 3.05) is 19.1 Å². The summed E-state index contributed by atoms with van der Waals surface area (Å²) in [5.74, 6) is -1.78. The molecule has 12 nitrogen and oxygen atoms in total. The van der Waals surface area contributed by atoms with Crippen LogP contribution in [0.5, 0.6) is 0 Å². The molecule has 0 saturated carbocycles. The van der Waals surface area contributed by atoms with E-state index < -0.39 is 69.5 Å². The first-order valence-corrected chi connectivity index (χ1v) is 10.7. The van der Waals surface area contributed by atoms with Crippen molar-refractivity contribution >= 4 is 32.2 Å². The van der Waals surface area contributed by atoms with E-state index >= 15 is 0 Å². The smallest absolute Gasteiger partial charge is 0.303 e. The Morgan fingerprint density at radius 3 is 1.85 bits per heavy atom. The van der Waals surface area contributed by atoms with Crippen molar-refractivity contribution in [1.82, 2.24) is 0 Å². The molecule has 1 aliphatic heterocycles. The fourth-order valence-corrected chi connectivity index (χ4v) is 3.19. The van der Waals surface area contributed by atoms with Gasteiger partial charge in [-0.2, -0.15) is 16.8 Å². The fraction of sp³-hybridized carbons (Fsp3) is 0.833. The number of carbonyl (C=O) groups is 2. The van der Waals surface area contributed by atoms with Gasteiger partial charge < -0.3 is 19.3 Å². The molecule has 26 heavy (non-hydrogen) atoms. The van der Waals surface area contributed by atoms with E-state index in [2.05, 4.69) is 4.18 Å². The van der Waals surface area contributed by atoms with Gasteiger partial charge in [-0.25, -0.2) is 0 Å². The molecular weight excluding hydrogens is 400 g/mol. The predicted octanol–water partition coefficient (Wildman–Crippen LogP) is -2.11. The zero-order chi connectivity index (χ0) is 20.3. The van der Waals surface area contributed by atoms with Crippen LogP contribution in [0.1, 0.15) is 13.8 Å². The van der Waals surface area contributed by atoms with Gasteiger partial charge in [0.25, 0.3) is 20.2 Å². The van der Waals surface area contributed by atoms with Crippen LogP contribution in [-0.4, -0.2) is 83.7 Å². The molecule has 0 aromatic carbocycles. The Balaban J connectivity index is 3.25. The van der Waals surface area contributed by atoms with Gasteiger partial charge in [-0.15, -0.1) is 0 Å². The number of ether oxygens (including phenoxy) is 3. The number of aliphatic hydroxyl groups excluding tert-OH is 1. The molecule has 1 rings (SSSR count). The summed E-state index contributed by atoms with van der Waals surface area (Å²) in [4.78, 5) is 22.6. The zero-order valence-electron chi connectivity index (χ0n) is 14.3. The summed E-state index contributed by atoms with van der Waals surface area (Å²) < 4.78 is 69.6. The van der Waals surface area contributed by atoms with Gasteiger partial charge in [-0.05, 0) is 0 Å². The van der Waals surface area contributed by atoms with Crippen molar-refractivity contribution in [1.29, 1.82) is 0 Å². The highest BCUT2D eigenvalue weighted by Gasteiger charge is 2.51. The highest BCUT2D eigenvalue weighted by Crippen LogP contribution is 2.29. The van der Waals surface area contributed by atoms with Gasteiger partial charge in [0, 0.05) is 13.8 Å². The summed E-state index contributed by atoms with van der Waals surface area (Å²) in [5.41, 5.74) is 0. The minimum atomic E-state index is -4.16. The molecule has 152 valence electrons. The molecule has 0 aromatic rings. The largest absolute Gasteiger partial charge is 0.457 e. The van der Waals surface area contributed by atoms with Gasteiger partial charge in [0.05, 0.1) is 19.1 Å². The number of hydrogen-bond donors (Lipinski definition) is 1. The van der Waals surface area contributed by atoms with Crippen molar-refractivity contribution in [3.05, 3.63) is 0 Å². The van der Waals surface area contributed by atoms with E-state index in [9.17, 15) is 31.5 Å². The van der Waals surface area contributed by atoms with E-state index in [-0.39, 0.29) is 0 Å². The molecule has 5 unspecified atom stereocenters. The minimum Gasteiger partial charge on any atom is -0.457 e. The fourth-order valence-electron chi connectivity index (χ4n) is 2.18. The Kier molecular flexibility index (Phi) is 7.50. The highest BCUT2D eigenvalue weighted by atomic mass is 32.2. The molecule has 1 N–H and O–H groups in total. The van der Waals surface area contributed by atoms with E-state index in [1.165, 1.54) is 0 Å². The summed E-state index contributed by atoms with van der Waals surface area (Å²) in [5, 5.41) is 10.0. The van der Waals surface area contributed by atoms with Gasteiger partial charge >= 0.3 is 11.9 Å². The molecule has 1 fully saturated rings. The van der Waals surface area contributed by atoms with E-state index in [4.69, 9.17) is 18.4 Å². The molecule has 0 amide bonds. The van der Waals surface area contributed by atoms with Crippen LogP contribution < -0.4 is 0 Å². The Morgan fingerprint density at radius 1 is 0.923 bits per heavy atom. The Bertz CT molecular complexity index is 727. The van der Waals surface area contributed by atoms with Crippen LogP contribution in [0, 0.1) is 0 Å². The third-order valence-corrected chi connectivity index (χ3v) is 4.08.